The van der Waals surface area contributed by atoms with E-state index in [4.69, 9.17) is 0 Å². The lowest BCUT2D eigenvalue weighted by Gasteiger charge is -2.15. The highest BCUT2D eigenvalue weighted by Gasteiger charge is 2.11. The molecule has 0 aliphatic rings. The monoisotopic (exact) mass is 331 g/mol. The van der Waals surface area contributed by atoms with Crippen LogP contribution in [0.3, 0.4) is 0 Å². The number of aliphatic hydroxyl groups is 1. The van der Waals surface area contributed by atoms with E-state index in [1.807, 2.05) is 13.8 Å². The maximum absolute atomic E-state index is 9.51. The summed E-state index contributed by atoms with van der Waals surface area (Å²) in [7, 11) is 0. The molecular formula is C14H22BrNOS. The van der Waals surface area contributed by atoms with E-state index in [2.05, 4.69) is 53.3 Å². The van der Waals surface area contributed by atoms with Crippen LogP contribution in [0.2, 0.25) is 0 Å². The maximum atomic E-state index is 9.51. The third-order valence-electron chi connectivity index (χ3n) is 2.73. The molecule has 0 fully saturated rings. The third-order valence-corrected chi connectivity index (χ3v) is 4.76. The molecule has 1 rings (SSSR count). The molecule has 0 aromatic heterocycles. The van der Waals surface area contributed by atoms with Crippen LogP contribution < -0.4 is 5.32 Å². The summed E-state index contributed by atoms with van der Waals surface area (Å²) in [5.74, 6) is 0. The molecule has 2 N–H and O–H groups in total. The summed E-state index contributed by atoms with van der Waals surface area (Å²) in [5.41, 5.74) is 1.26. The van der Waals surface area contributed by atoms with Crippen LogP contribution in [0.4, 0.5) is 0 Å². The number of nitrogens with one attached hydrogen (secondary N) is 1. The van der Waals surface area contributed by atoms with Gasteiger partial charge in [-0.1, -0.05) is 42.8 Å². The molecule has 0 aliphatic carbocycles. The van der Waals surface area contributed by atoms with Crippen LogP contribution in [0.1, 0.15) is 33.3 Å². The van der Waals surface area contributed by atoms with E-state index in [0.29, 0.717) is 6.04 Å². The van der Waals surface area contributed by atoms with Crippen LogP contribution >= 0.6 is 27.7 Å². The summed E-state index contributed by atoms with van der Waals surface area (Å²) < 4.78 is 1.12. The number of aliphatic hydroxyl groups excluding tert-OH is 1. The van der Waals surface area contributed by atoms with Gasteiger partial charge in [0.2, 0.25) is 0 Å². The van der Waals surface area contributed by atoms with Gasteiger partial charge in [-0.15, -0.1) is 11.8 Å². The number of hydrogen-bond acceptors (Lipinski definition) is 3. The molecule has 0 radical (unpaired) electrons. The Morgan fingerprint density at radius 1 is 1.28 bits per heavy atom. The van der Waals surface area contributed by atoms with Gasteiger partial charge in [-0.2, -0.15) is 0 Å². The molecule has 2 nitrogen and oxygen atoms in total. The first kappa shape index (κ1) is 16.0. The van der Waals surface area contributed by atoms with Gasteiger partial charge in [0.1, 0.15) is 0 Å². The Hall–Kier alpha value is -0.0300. The first-order valence-electron chi connectivity index (χ1n) is 6.26. The third kappa shape index (κ3) is 5.31. The second-order valence-electron chi connectivity index (χ2n) is 4.85. The van der Waals surface area contributed by atoms with Crippen molar-refractivity contribution in [2.45, 2.75) is 56.5 Å². The number of halogens is 1. The Labute approximate surface area is 123 Å². The number of thioether (sulfide) groups is 1. The minimum Gasteiger partial charge on any atom is -0.392 e. The number of hydrogen-bond donors (Lipinski definition) is 2. The molecule has 0 spiro atoms. The van der Waals surface area contributed by atoms with Crippen LogP contribution in [0, 0.1) is 0 Å². The fourth-order valence-corrected chi connectivity index (χ4v) is 3.00. The van der Waals surface area contributed by atoms with E-state index >= 15 is 0 Å². The highest BCUT2D eigenvalue weighted by molar-refractivity contribution is 9.10. The van der Waals surface area contributed by atoms with Crippen molar-refractivity contribution < 1.29 is 5.11 Å². The van der Waals surface area contributed by atoms with Crippen LogP contribution in [0.5, 0.6) is 0 Å². The van der Waals surface area contributed by atoms with Gasteiger partial charge in [-0.3, -0.25) is 0 Å². The van der Waals surface area contributed by atoms with Gasteiger partial charge < -0.3 is 10.4 Å². The zero-order valence-corrected chi connectivity index (χ0v) is 13.8. The van der Waals surface area contributed by atoms with Gasteiger partial charge in [-0.25, -0.2) is 0 Å². The van der Waals surface area contributed by atoms with E-state index in [1.165, 1.54) is 10.5 Å². The summed E-state index contributed by atoms with van der Waals surface area (Å²) >= 11 is 5.31. The predicted octanol–water partition coefficient (Wildman–Crippen LogP) is 3.81. The zero-order chi connectivity index (χ0) is 13.7. The lowest BCUT2D eigenvalue weighted by Crippen LogP contribution is -2.22. The van der Waals surface area contributed by atoms with E-state index in [0.717, 1.165) is 11.0 Å². The Bertz CT molecular complexity index is 382. The lowest BCUT2D eigenvalue weighted by atomic mass is 10.2. The number of rotatable bonds is 6. The van der Waals surface area contributed by atoms with Crippen LogP contribution in [-0.4, -0.2) is 22.5 Å². The molecule has 0 saturated carbocycles. The van der Waals surface area contributed by atoms with E-state index < -0.39 is 0 Å². The predicted molar refractivity (Wildman–Crippen MR) is 83.1 cm³/mol. The second-order valence-corrected chi connectivity index (χ2v) is 7.16. The van der Waals surface area contributed by atoms with Gasteiger partial charge in [0.15, 0.2) is 0 Å². The standard InChI is InChI=1S/C14H22BrNOS/c1-9(2)16-8-12-5-6-13(7-14(12)15)18-11(4)10(3)17/h5-7,9-11,16-17H,8H2,1-4H3. The topological polar surface area (TPSA) is 32.3 Å². The minimum atomic E-state index is -0.295. The van der Waals surface area contributed by atoms with Gasteiger partial charge in [-0.05, 0) is 24.6 Å². The fraction of sp³-hybridized carbons (Fsp3) is 0.571. The van der Waals surface area contributed by atoms with Crippen molar-refractivity contribution in [2.24, 2.45) is 0 Å². The largest absolute Gasteiger partial charge is 0.392 e. The summed E-state index contributed by atoms with van der Waals surface area (Å²) in [4.78, 5) is 1.18. The smallest absolute Gasteiger partial charge is 0.0631 e. The maximum Gasteiger partial charge on any atom is 0.0631 e. The highest BCUT2D eigenvalue weighted by atomic mass is 79.9. The Kier molecular flexibility index (Phi) is 6.71. The van der Waals surface area contributed by atoms with Crippen molar-refractivity contribution in [3.63, 3.8) is 0 Å². The summed E-state index contributed by atoms with van der Waals surface area (Å²) in [6.45, 7) is 9.02. The summed E-state index contributed by atoms with van der Waals surface area (Å²) in [6.07, 6.45) is -0.295. The van der Waals surface area contributed by atoms with Crippen molar-refractivity contribution in [2.75, 3.05) is 0 Å². The van der Waals surface area contributed by atoms with E-state index in [9.17, 15) is 5.11 Å². The van der Waals surface area contributed by atoms with Crippen molar-refractivity contribution in [1.82, 2.24) is 5.32 Å². The molecular weight excluding hydrogens is 310 g/mol. The highest BCUT2D eigenvalue weighted by Crippen LogP contribution is 2.29. The quantitative estimate of drug-likeness (QED) is 0.777. The van der Waals surface area contributed by atoms with Gasteiger partial charge in [0, 0.05) is 27.2 Å². The van der Waals surface area contributed by atoms with Crippen LogP contribution in [-0.2, 0) is 6.54 Å². The molecule has 18 heavy (non-hydrogen) atoms. The van der Waals surface area contributed by atoms with Crippen LogP contribution in [0.25, 0.3) is 0 Å². The summed E-state index contributed by atoms with van der Waals surface area (Å²) in [5, 5.41) is 13.1. The molecule has 2 atom stereocenters. The Balaban J connectivity index is 2.67. The lowest BCUT2D eigenvalue weighted by molar-refractivity contribution is 0.196. The average molecular weight is 332 g/mol. The molecule has 0 amide bonds. The first-order chi connectivity index (χ1) is 8.40. The fourth-order valence-electron chi connectivity index (χ4n) is 1.37. The van der Waals surface area contributed by atoms with Gasteiger partial charge in [0.05, 0.1) is 6.10 Å². The molecule has 2 unspecified atom stereocenters. The van der Waals surface area contributed by atoms with Gasteiger partial charge >= 0.3 is 0 Å². The molecule has 1 aromatic carbocycles. The van der Waals surface area contributed by atoms with Crippen molar-refractivity contribution >= 4 is 27.7 Å². The van der Waals surface area contributed by atoms with Crippen molar-refractivity contribution in [3.05, 3.63) is 28.2 Å². The molecule has 1 aromatic rings. The van der Waals surface area contributed by atoms with Gasteiger partial charge in [0.25, 0.3) is 0 Å². The SMILES string of the molecule is CC(C)NCc1ccc(SC(C)C(C)O)cc1Br. The molecule has 0 saturated heterocycles. The molecule has 0 heterocycles. The van der Waals surface area contributed by atoms with Crippen molar-refractivity contribution in [1.29, 1.82) is 0 Å². The second kappa shape index (κ2) is 7.53. The molecule has 0 aliphatic heterocycles. The summed E-state index contributed by atoms with van der Waals surface area (Å²) in [6, 6.07) is 6.87. The Morgan fingerprint density at radius 2 is 1.94 bits per heavy atom. The average Bonchev–Trinajstić information content (AvgIpc) is 2.27. The van der Waals surface area contributed by atoms with E-state index in [-0.39, 0.29) is 11.4 Å². The molecule has 102 valence electrons. The Morgan fingerprint density at radius 3 is 2.44 bits per heavy atom. The molecule has 4 heteroatoms. The number of benzene rings is 1. The zero-order valence-electron chi connectivity index (χ0n) is 11.4. The van der Waals surface area contributed by atoms with Crippen LogP contribution in [0.15, 0.2) is 27.6 Å². The molecule has 0 bridgehead atoms. The normalized spacial score (nSPS) is 14.8. The van der Waals surface area contributed by atoms with E-state index in [1.54, 1.807) is 11.8 Å². The van der Waals surface area contributed by atoms with Crippen molar-refractivity contribution in [3.8, 4) is 0 Å². The first-order valence-corrected chi connectivity index (χ1v) is 7.94. The minimum absolute atomic E-state index is 0.205.